The minimum absolute atomic E-state index is 0.0508. The van der Waals surface area contributed by atoms with E-state index in [0.717, 1.165) is 184 Å². The number of hydrogen-bond donors (Lipinski definition) is 7. The zero-order valence-corrected chi connectivity index (χ0v) is 56.6. The lowest BCUT2D eigenvalue weighted by atomic mass is 9.99. The molecule has 14 atom stereocenters. The molecule has 7 N–H and O–H groups in total. The number of cyclic esters (lactones) is 1. The second-order valence-electron chi connectivity index (χ2n) is 27.0. The van der Waals surface area contributed by atoms with Gasteiger partial charge in [-0.05, 0) is 141 Å². The number of nitrogens with one attached hydrogen (secondary N) is 6. The van der Waals surface area contributed by atoms with E-state index in [0.29, 0.717) is 68.5 Å². The molecule has 512 valence electrons. The Morgan fingerprint density at radius 1 is 0.544 bits per heavy atom. The predicted octanol–water partition coefficient (Wildman–Crippen LogP) is 11.8. The van der Waals surface area contributed by atoms with Gasteiger partial charge in [0.05, 0.1) is 54.7 Å². The topological polar surface area (TPSA) is 258 Å². The molecule has 0 bridgehead atoms. The Labute approximate surface area is 547 Å². The molecule has 7 rings (SSSR count). The minimum atomic E-state index is -0.432. The smallest absolute Gasteiger partial charge is 0.334 e. The van der Waals surface area contributed by atoms with Gasteiger partial charge in [0.15, 0.2) is 0 Å². The van der Waals surface area contributed by atoms with Crippen LogP contribution < -0.4 is 31.9 Å². The molecule has 6 fully saturated rings. The SMILES string of the molecule is CCCCCC[C@H](O)CCC[C@H](OC(=O)CCCCCNC(=O)CCCC[C@@H]1SC[C@@H]2NC(=O)N[C@@H]21)[C@H]1CC[C@H]([C@H]2CC[C@H]([C@@H](CCCCCCCCCCCCC3=C[C@H](C)OC3=O)OC(=O)CCCCCNC(=O)CCCC[C@@H]3SC[C@@H]4NC(=O)N[C@@H]43)O2)O1. The van der Waals surface area contributed by atoms with E-state index in [4.69, 9.17) is 23.7 Å². The number of amides is 6. The van der Waals surface area contributed by atoms with Crippen molar-refractivity contribution in [1.82, 2.24) is 31.9 Å². The maximum atomic E-state index is 13.6. The molecule has 21 heteroatoms. The van der Waals surface area contributed by atoms with E-state index in [1.165, 1.54) is 38.5 Å². The first kappa shape index (κ1) is 73.6. The van der Waals surface area contributed by atoms with Crippen LogP contribution in [0.3, 0.4) is 0 Å². The monoisotopic (exact) mass is 1300 g/mol. The van der Waals surface area contributed by atoms with Crippen LogP contribution in [0.5, 0.6) is 0 Å². The maximum Gasteiger partial charge on any atom is 0.334 e. The van der Waals surface area contributed by atoms with Gasteiger partial charge in [0, 0.05) is 66.4 Å². The summed E-state index contributed by atoms with van der Waals surface area (Å²) in [5.41, 5.74) is 0.829. The molecule has 7 heterocycles. The molecule has 0 radical (unpaired) electrons. The van der Waals surface area contributed by atoms with E-state index in [2.05, 4.69) is 38.8 Å². The van der Waals surface area contributed by atoms with Gasteiger partial charge < -0.3 is 60.7 Å². The number of fused-ring (bicyclic) bond motifs is 2. The highest BCUT2D eigenvalue weighted by molar-refractivity contribution is 8.00. The number of rotatable bonds is 49. The van der Waals surface area contributed by atoms with E-state index >= 15 is 0 Å². The van der Waals surface area contributed by atoms with Crippen molar-refractivity contribution >= 4 is 65.3 Å². The van der Waals surface area contributed by atoms with Crippen LogP contribution in [-0.2, 0) is 47.7 Å². The first-order chi connectivity index (χ1) is 43.8. The number of thioether (sulfide) groups is 2. The average molecular weight is 1300 g/mol. The molecule has 6 amide bonds. The summed E-state index contributed by atoms with van der Waals surface area (Å²) in [6.07, 6.45) is 34.5. The molecule has 90 heavy (non-hydrogen) atoms. The van der Waals surface area contributed by atoms with Crippen LogP contribution in [0.1, 0.15) is 271 Å². The molecule has 0 aromatic carbocycles. The lowest BCUT2D eigenvalue weighted by Crippen LogP contribution is -2.36. The van der Waals surface area contributed by atoms with Gasteiger partial charge in [-0.3, -0.25) is 19.2 Å². The highest BCUT2D eigenvalue weighted by Crippen LogP contribution is 2.38. The number of carbonyl (C=O) groups excluding carboxylic acids is 7. The summed E-state index contributed by atoms with van der Waals surface area (Å²) in [6.45, 7) is 5.24. The molecule has 0 aliphatic carbocycles. The number of aliphatic hydroxyl groups excluding tert-OH is 1. The van der Waals surface area contributed by atoms with Crippen LogP contribution in [0.2, 0.25) is 0 Å². The maximum absolute atomic E-state index is 13.6. The van der Waals surface area contributed by atoms with Crippen LogP contribution in [0.4, 0.5) is 9.59 Å². The Kier molecular flexibility index (Phi) is 34.2. The van der Waals surface area contributed by atoms with Gasteiger partial charge in [-0.15, -0.1) is 0 Å². The number of aliphatic hydroxyl groups is 1. The van der Waals surface area contributed by atoms with Gasteiger partial charge in [-0.25, -0.2) is 14.4 Å². The summed E-state index contributed by atoms with van der Waals surface area (Å²) < 4.78 is 31.4. The van der Waals surface area contributed by atoms with Crippen LogP contribution in [0.15, 0.2) is 11.6 Å². The molecule has 19 nitrogen and oxygen atoms in total. The van der Waals surface area contributed by atoms with E-state index in [1.807, 2.05) is 36.5 Å². The fraction of sp³-hybridized carbons (Fsp3) is 0.870. The van der Waals surface area contributed by atoms with Crippen LogP contribution in [-0.4, -0.2) is 155 Å². The molecule has 0 aromatic rings. The first-order valence-corrected chi connectivity index (χ1v) is 38.1. The zero-order valence-electron chi connectivity index (χ0n) is 54.9. The van der Waals surface area contributed by atoms with Crippen molar-refractivity contribution in [2.45, 2.75) is 354 Å². The van der Waals surface area contributed by atoms with Crippen molar-refractivity contribution in [2.24, 2.45) is 0 Å². The van der Waals surface area contributed by atoms with Crippen molar-refractivity contribution in [3.05, 3.63) is 11.6 Å². The van der Waals surface area contributed by atoms with Gasteiger partial charge in [0.1, 0.15) is 18.3 Å². The highest BCUT2D eigenvalue weighted by Gasteiger charge is 2.45. The number of urea groups is 2. The molecule has 0 spiro atoms. The van der Waals surface area contributed by atoms with E-state index in [9.17, 15) is 38.7 Å². The summed E-state index contributed by atoms with van der Waals surface area (Å²) >= 11 is 3.80. The summed E-state index contributed by atoms with van der Waals surface area (Å²) in [4.78, 5) is 87.6. The molecule has 0 saturated carbocycles. The van der Waals surface area contributed by atoms with Gasteiger partial charge in [-0.2, -0.15) is 23.5 Å². The van der Waals surface area contributed by atoms with E-state index < -0.39 is 6.10 Å². The average Bonchev–Trinajstić information content (AvgIpc) is 1.86. The predicted molar refractivity (Wildman–Crippen MR) is 354 cm³/mol. The number of unbranched alkanes of at least 4 members (excludes halogenated alkanes) is 18. The molecule has 7 aliphatic heterocycles. The summed E-state index contributed by atoms with van der Waals surface area (Å²) in [7, 11) is 0. The van der Waals surface area contributed by atoms with Crippen LogP contribution in [0.25, 0.3) is 0 Å². The van der Waals surface area contributed by atoms with Crippen molar-refractivity contribution < 1.29 is 62.4 Å². The van der Waals surface area contributed by atoms with Gasteiger partial charge in [-0.1, -0.05) is 110 Å². The number of carbonyl (C=O) groups is 7. The Balaban J connectivity index is 0.801. The quantitative estimate of drug-likeness (QED) is 0.0129. The summed E-state index contributed by atoms with van der Waals surface area (Å²) in [6, 6.07) is 0.647. The Morgan fingerprint density at radius 3 is 1.49 bits per heavy atom. The zero-order chi connectivity index (χ0) is 63.7. The number of ether oxygens (including phenoxy) is 5. The van der Waals surface area contributed by atoms with Crippen molar-refractivity contribution in [1.29, 1.82) is 0 Å². The summed E-state index contributed by atoms with van der Waals surface area (Å²) in [5, 5.41) is 29.8. The Hall–Kier alpha value is -3.79. The second kappa shape index (κ2) is 41.8. The fourth-order valence-corrected chi connectivity index (χ4v) is 17.4. The van der Waals surface area contributed by atoms with Gasteiger partial charge in [0.2, 0.25) is 11.8 Å². The normalized spacial score (nSPS) is 26.8. The second-order valence-corrected chi connectivity index (χ2v) is 29.5. The Morgan fingerprint density at radius 2 is 0.989 bits per heavy atom. The third-order valence-electron chi connectivity index (χ3n) is 19.5. The molecule has 7 aliphatic rings. The van der Waals surface area contributed by atoms with Crippen LogP contribution >= 0.6 is 23.5 Å². The summed E-state index contributed by atoms with van der Waals surface area (Å²) in [5.74, 6) is 1.37. The van der Waals surface area contributed by atoms with Crippen LogP contribution in [0, 0.1) is 0 Å². The third kappa shape index (κ3) is 26.9. The number of esters is 3. The van der Waals surface area contributed by atoms with Gasteiger partial charge in [0.25, 0.3) is 0 Å². The van der Waals surface area contributed by atoms with Crippen molar-refractivity contribution in [3.8, 4) is 0 Å². The van der Waals surface area contributed by atoms with Crippen molar-refractivity contribution in [3.63, 3.8) is 0 Å². The fourth-order valence-electron chi connectivity index (χ4n) is 14.3. The Bertz CT molecular complexity index is 2210. The molecule has 0 aromatic heterocycles. The lowest BCUT2D eigenvalue weighted by molar-refractivity contribution is -0.166. The largest absolute Gasteiger partial charge is 0.460 e. The first-order valence-electron chi connectivity index (χ1n) is 36.0. The van der Waals surface area contributed by atoms with E-state index in [1.54, 1.807) is 0 Å². The van der Waals surface area contributed by atoms with Crippen molar-refractivity contribution in [2.75, 3.05) is 24.6 Å². The highest BCUT2D eigenvalue weighted by atomic mass is 32.2. The van der Waals surface area contributed by atoms with Gasteiger partial charge >= 0.3 is 30.0 Å². The molecule has 6 saturated heterocycles. The minimum Gasteiger partial charge on any atom is -0.460 e. The molecule has 0 unspecified atom stereocenters. The molecular weight excluding hydrogens is 1180 g/mol. The lowest BCUT2D eigenvalue weighted by Gasteiger charge is -2.27. The third-order valence-corrected chi connectivity index (χ3v) is 22.5. The molecular formula is C69H116N6O13S2. The van der Waals surface area contributed by atoms with E-state index in [-0.39, 0.29) is 115 Å². The standard InChI is InChI=1S/C69H116N6O13S2/c1-3-4-5-17-29-50(76)30-27-32-54(88-64(80)38-20-15-26-44-71-62(78)36-24-22-34-60-66-52(47-90-60)73-69(83)75-66)56-40-42-58(86-56)57-41-39-55(85-57)53(31-18-13-11-9-7-6-8-10-12-16-28-49-45-48(2)84-67(49)81)87-63(79)37-19-14-25-43-70-61(77)35-23-21-33-59-65-51(46-89-59)72-68(82)74-65/h45,48,50-60,65-66,76H,3-44,46-47H2,1-2H3,(H,70,77)(H,71,78)(H2,72,74,82)(H2,73,75,83)/t48-,50-,51-,52-,53+,54-,55+,56+,57+,58+,59-,60-,65-,66-/m0/s1. The number of hydrogen-bond acceptors (Lipinski definition) is 15.